The zero-order valence-electron chi connectivity index (χ0n) is 12.4. The first-order valence-electron chi connectivity index (χ1n) is 7.08. The Hall–Kier alpha value is -2.86. The van der Waals surface area contributed by atoms with Crippen molar-refractivity contribution in [2.75, 3.05) is 13.2 Å². The first-order chi connectivity index (χ1) is 11.1. The number of aliphatic hydroxyl groups excluding tert-OH is 1. The highest BCUT2D eigenvalue weighted by Gasteiger charge is 2.09. The minimum atomic E-state index is -0.727. The van der Waals surface area contributed by atoms with Gasteiger partial charge in [0.25, 0.3) is 5.91 Å². The Bertz CT molecular complexity index is 656. The van der Waals surface area contributed by atoms with Crippen LogP contribution in [0.1, 0.15) is 22.0 Å². The van der Waals surface area contributed by atoms with Gasteiger partial charge < -0.3 is 20.9 Å². The quantitative estimate of drug-likeness (QED) is 0.710. The standard InChI is InChI=1S/C17H18N2O4/c18-16(21)10-19-17(22)13-6-8-14(9-7-13)23-11-15(20)12-4-2-1-3-5-12/h1-9,15,20H,10-11H2,(H2,18,21)(H,19,22). The van der Waals surface area contributed by atoms with Crippen LogP contribution in [0.15, 0.2) is 54.6 Å². The highest BCUT2D eigenvalue weighted by molar-refractivity contribution is 5.96. The zero-order valence-corrected chi connectivity index (χ0v) is 12.4. The number of rotatable bonds is 7. The molecule has 0 saturated carbocycles. The number of nitrogens with one attached hydrogen (secondary N) is 1. The van der Waals surface area contributed by atoms with Gasteiger partial charge in [-0.1, -0.05) is 30.3 Å². The molecule has 23 heavy (non-hydrogen) atoms. The summed E-state index contributed by atoms with van der Waals surface area (Å²) >= 11 is 0. The molecule has 2 rings (SSSR count). The Labute approximate surface area is 133 Å². The van der Waals surface area contributed by atoms with Crippen LogP contribution in [0.3, 0.4) is 0 Å². The molecule has 0 bridgehead atoms. The first-order valence-corrected chi connectivity index (χ1v) is 7.08. The van der Waals surface area contributed by atoms with E-state index in [0.29, 0.717) is 11.3 Å². The number of amides is 2. The fourth-order valence-corrected chi connectivity index (χ4v) is 1.92. The van der Waals surface area contributed by atoms with E-state index in [2.05, 4.69) is 5.32 Å². The molecular formula is C17H18N2O4. The van der Waals surface area contributed by atoms with Gasteiger partial charge in [0, 0.05) is 5.56 Å². The molecule has 0 aromatic heterocycles. The van der Waals surface area contributed by atoms with Crippen LogP contribution in [0, 0.1) is 0 Å². The Balaban J connectivity index is 1.87. The lowest BCUT2D eigenvalue weighted by Gasteiger charge is -2.13. The molecule has 0 radical (unpaired) electrons. The highest BCUT2D eigenvalue weighted by Crippen LogP contribution is 2.17. The SMILES string of the molecule is NC(=O)CNC(=O)c1ccc(OCC(O)c2ccccc2)cc1. The third kappa shape index (κ3) is 5.12. The first kappa shape index (κ1) is 16.5. The molecule has 0 aliphatic rings. The van der Waals surface area contributed by atoms with E-state index in [9.17, 15) is 14.7 Å². The molecule has 0 heterocycles. The van der Waals surface area contributed by atoms with Gasteiger partial charge in [-0.05, 0) is 29.8 Å². The monoisotopic (exact) mass is 314 g/mol. The van der Waals surface area contributed by atoms with Crippen molar-refractivity contribution in [1.29, 1.82) is 0 Å². The summed E-state index contributed by atoms with van der Waals surface area (Å²) in [6, 6.07) is 15.6. The van der Waals surface area contributed by atoms with Gasteiger partial charge in [-0.2, -0.15) is 0 Å². The smallest absolute Gasteiger partial charge is 0.251 e. The molecule has 1 atom stereocenters. The summed E-state index contributed by atoms with van der Waals surface area (Å²) in [5, 5.41) is 12.4. The lowest BCUT2D eigenvalue weighted by atomic mass is 10.1. The van der Waals surface area contributed by atoms with Crippen molar-refractivity contribution < 1.29 is 19.4 Å². The molecule has 6 heteroatoms. The topological polar surface area (TPSA) is 102 Å². The maximum atomic E-state index is 11.7. The number of carbonyl (C=O) groups is 2. The highest BCUT2D eigenvalue weighted by atomic mass is 16.5. The van der Waals surface area contributed by atoms with Crippen LogP contribution in [0.4, 0.5) is 0 Å². The number of hydrogen-bond donors (Lipinski definition) is 3. The van der Waals surface area contributed by atoms with Gasteiger partial charge in [0.15, 0.2) is 0 Å². The van der Waals surface area contributed by atoms with Crippen LogP contribution in [0.25, 0.3) is 0 Å². The van der Waals surface area contributed by atoms with Crippen LogP contribution in [-0.4, -0.2) is 30.1 Å². The molecule has 2 aromatic rings. The molecule has 0 aliphatic heterocycles. The number of benzene rings is 2. The van der Waals surface area contributed by atoms with Crippen molar-refractivity contribution in [3.8, 4) is 5.75 Å². The average molecular weight is 314 g/mol. The van der Waals surface area contributed by atoms with Crippen LogP contribution < -0.4 is 15.8 Å². The number of primary amides is 1. The maximum Gasteiger partial charge on any atom is 0.251 e. The van der Waals surface area contributed by atoms with Crippen LogP contribution in [0.2, 0.25) is 0 Å². The lowest BCUT2D eigenvalue weighted by molar-refractivity contribution is -0.117. The van der Waals surface area contributed by atoms with Crippen molar-refractivity contribution in [2.45, 2.75) is 6.10 Å². The molecule has 6 nitrogen and oxygen atoms in total. The second-order valence-corrected chi connectivity index (χ2v) is 4.91. The third-order valence-corrected chi connectivity index (χ3v) is 3.13. The van der Waals surface area contributed by atoms with E-state index in [0.717, 1.165) is 5.56 Å². The normalized spacial score (nSPS) is 11.5. The van der Waals surface area contributed by atoms with Gasteiger partial charge in [0.2, 0.25) is 5.91 Å². The summed E-state index contributed by atoms with van der Waals surface area (Å²) in [5.74, 6) is -0.459. The van der Waals surface area contributed by atoms with Gasteiger partial charge in [0.05, 0.1) is 6.54 Å². The van der Waals surface area contributed by atoms with Gasteiger partial charge in [-0.15, -0.1) is 0 Å². The molecule has 120 valence electrons. The van der Waals surface area contributed by atoms with Crippen molar-refractivity contribution in [3.63, 3.8) is 0 Å². The fraction of sp³-hybridized carbons (Fsp3) is 0.176. The molecule has 0 spiro atoms. The molecule has 0 aliphatic carbocycles. The van der Waals surface area contributed by atoms with E-state index in [1.165, 1.54) is 0 Å². The predicted molar refractivity (Wildman–Crippen MR) is 84.9 cm³/mol. The molecule has 1 unspecified atom stereocenters. The van der Waals surface area contributed by atoms with E-state index in [1.54, 1.807) is 24.3 Å². The van der Waals surface area contributed by atoms with Crippen molar-refractivity contribution >= 4 is 11.8 Å². The third-order valence-electron chi connectivity index (χ3n) is 3.13. The number of nitrogens with two attached hydrogens (primary N) is 1. The number of hydrogen-bond acceptors (Lipinski definition) is 4. The molecule has 0 fully saturated rings. The summed E-state index contributed by atoms with van der Waals surface area (Å²) in [4.78, 5) is 22.3. The van der Waals surface area contributed by atoms with Crippen molar-refractivity contribution in [1.82, 2.24) is 5.32 Å². The average Bonchev–Trinajstić information content (AvgIpc) is 2.58. The van der Waals surface area contributed by atoms with Crippen molar-refractivity contribution in [2.24, 2.45) is 5.73 Å². The Kier molecular flexibility index (Phi) is 5.71. The molecular weight excluding hydrogens is 296 g/mol. The molecule has 2 amide bonds. The Morgan fingerprint density at radius 3 is 2.35 bits per heavy atom. The molecule has 2 aromatic carbocycles. The predicted octanol–water partition coefficient (Wildman–Crippen LogP) is 1.01. The minimum Gasteiger partial charge on any atom is -0.491 e. The van der Waals surface area contributed by atoms with Gasteiger partial charge in [0.1, 0.15) is 18.5 Å². The zero-order chi connectivity index (χ0) is 16.7. The second-order valence-electron chi connectivity index (χ2n) is 4.91. The lowest BCUT2D eigenvalue weighted by Crippen LogP contribution is -2.33. The van der Waals surface area contributed by atoms with Gasteiger partial charge in [-0.25, -0.2) is 0 Å². The summed E-state index contributed by atoms with van der Waals surface area (Å²) in [6.07, 6.45) is -0.727. The number of carbonyl (C=O) groups excluding carboxylic acids is 2. The maximum absolute atomic E-state index is 11.7. The minimum absolute atomic E-state index is 0.108. The fourth-order valence-electron chi connectivity index (χ4n) is 1.92. The van der Waals surface area contributed by atoms with Crippen LogP contribution in [-0.2, 0) is 4.79 Å². The largest absolute Gasteiger partial charge is 0.491 e. The van der Waals surface area contributed by atoms with Crippen molar-refractivity contribution in [3.05, 3.63) is 65.7 Å². The summed E-state index contributed by atoms with van der Waals surface area (Å²) in [5.41, 5.74) is 6.13. The van der Waals surface area contributed by atoms with E-state index in [1.807, 2.05) is 30.3 Å². The van der Waals surface area contributed by atoms with E-state index in [-0.39, 0.29) is 19.1 Å². The second kappa shape index (κ2) is 7.95. The molecule has 0 saturated heterocycles. The van der Waals surface area contributed by atoms with Gasteiger partial charge >= 0.3 is 0 Å². The van der Waals surface area contributed by atoms with Crippen LogP contribution >= 0.6 is 0 Å². The van der Waals surface area contributed by atoms with Gasteiger partial charge in [-0.3, -0.25) is 9.59 Å². The van der Waals surface area contributed by atoms with E-state index >= 15 is 0 Å². The summed E-state index contributed by atoms with van der Waals surface area (Å²) in [7, 11) is 0. The summed E-state index contributed by atoms with van der Waals surface area (Å²) in [6.45, 7) is -0.0996. The number of ether oxygens (including phenoxy) is 1. The molecule has 4 N–H and O–H groups in total. The van der Waals surface area contributed by atoms with E-state index < -0.39 is 12.0 Å². The number of aliphatic hydroxyl groups is 1. The summed E-state index contributed by atoms with van der Waals surface area (Å²) < 4.78 is 5.50. The van der Waals surface area contributed by atoms with E-state index in [4.69, 9.17) is 10.5 Å². The Morgan fingerprint density at radius 2 is 1.74 bits per heavy atom. The van der Waals surface area contributed by atoms with Crippen LogP contribution in [0.5, 0.6) is 5.75 Å². The Morgan fingerprint density at radius 1 is 1.09 bits per heavy atom.